The zero-order valence-corrected chi connectivity index (χ0v) is 15.0. The second-order valence-corrected chi connectivity index (χ2v) is 7.00. The Balaban J connectivity index is 2.00. The highest BCUT2D eigenvalue weighted by atomic mass is 35.5. The second kappa shape index (κ2) is 6.30. The molecule has 140 valence electrons. The molecule has 2 aromatic carbocycles. The number of nitrogens with one attached hydrogen (secondary N) is 1. The average Bonchev–Trinajstić information content (AvgIpc) is 2.87. The van der Waals surface area contributed by atoms with Gasteiger partial charge in [-0.25, -0.2) is 4.39 Å². The van der Waals surface area contributed by atoms with Crippen molar-refractivity contribution < 1.29 is 17.6 Å². The van der Waals surface area contributed by atoms with E-state index < -0.39 is 24.6 Å². The van der Waals surface area contributed by atoms with Crippen LogP contribution in [0.4, 0.5) is 28.9 Å². The molecule has 0 radical (unpaired) electrons. The summed E-state index contributed by atoms with van der Waals surface area (Å²) in [5.74, 6) is -0.433. The van der Waals surface area contributed by atoms with Crippen molar-refractivity contribution in [1.82, 2.24) is 0 Å². The zero-order chi connectivity index (χ0) is 19.3. The monoisotopic (exact) mass is 394 g/mol. The van der Waals surface area contributed by atoms with Gasteiger partial charge in [0, 0.05) is 28.0 Å². The number of nitrogens with zero attached hydrogens (tertiary/aromatic N) is 1. The molecule has 1 atom stereocenters. The maximum atomic E-state index is 13.3. The fraction of sp³-hybridized carbons (Fsp3) is 0.200. The number of alkyl halides is 3. The molecule has 2 aliphatic heterocycles. The predicted octanol–water partition coefficient (Wildman–Crippen LogP) is 4.41. The molecule has 0 saturated heterocycles. The molecule has 2 nitrogen and oxygen atoms in total. The van der Waals surface area contributed by atoms with Gasteiger partial charge in [-0.05, 0) is 48.4 Å². The lowest BCUT2D eigenvalue weighted by Gasteiger charge is -2.30. The number of hydrogen-bond donors (Lipinski definition) is 1. The smallest absolute Gasteiger partial charge is 0.361 e. The van der Waals surface area contributed by atoms with Crippen molar-refractivity contribution in [2.45, 2.75) is 19.1 Å². The van der Waals surface area contributed by atoms with Crippen LogP contribution in [0.2, 0.25) is 0 Å². The molecule has 0 bridgehead atoms. The van der Waals surface area contributed by atoms with E-state index in [1.54, 1.807) is 31.3 Å². The summed E-state index contributed by atoms with van der Waals surface area (Å²) in [5.41, 5.74) is 2.55. The van der Waals surface area contributed by atoms with Crippen molar-refractivity contribution in [2.75, 3.05) is 16.8 Å². The molecule has 27 heavy (non-hydrogen) atoms. The van der Waals surface area contributed by atoms with Gasteiger partial charge in [-0.15, -0.1) is 0 Å². The van der Waals surface area contributed by atoms with Crippen LogP contribution in [-0.2, 0) is 0 Å². The first-order valence-electron chi connectivity index (χ1n) is 8.32. The standard InChI is InChI=1S/C20H15ClF4N2/c1-11-17-16(7-6-15-18(17)14(21)8-9-26-15)27(10-20(23,24)25)19(11)12-2-4-13(22)5-3-12/h2-9,19,26H,10H2,1H3. The fourth-order valence-corrected chi connectivity index (χ4v) is 4.10. The van der Waals surface area contributed by atoms with Crippen molar-refractivity contribution in [3.05, 3.63) is 70.5 Å². The summed E-state index contributed by atoms with van der Waals surface area (Å²) in [5, 5.41) is 4.92. The maximum Gasteiger partial charge on any atom is 0.405 e. The van der Waals surface area contributed by atoms with Gasteiger partial charge in [0.2, 0.25) is 0 Å². The normalized spacial score (nSPS) is 18.4. The number of halogens is 5. The largest absolute Gasteiger partial charge is 0.405 e. The van der Waals surface area contributed by atoms with Crippen LogP contribution < -0.4 is 20.7 Å². The number of rotatable bonds is 2. The molecule has 0 spiro atoms. The van der Waals surface area contributed by atoms with Gasteiger partial charge in [0.05, 0.1) is 11.1 Å². The third-order valence-corrected chi connectivity index (χ3v) is 5.17. The minimum atomic E-state index is -4.39. The van der Waals surface area contributed by atoms with Gasteiger partial charge in [-0.1, -0.05) is 23.7 Å². The van der Waals surface area contributed by atoms with E-state index in [1.165, 1.54) is 29.2 Å². The van der Waals surface area contributed by atoms with Crippen molar-refractivity contribution in [3.8, 4) is 0 Å². The van der Waals surface area contributed by atoms with Crippen LogP contribution in [0.25, 0.3) is 10.6 Å². The summed E-state index contributed by atoms with van der Waals surface area (Å²) >= 11 is 6.38. The molecule has 0 aromatic heterocycles. The highest BCUT2D eigenvalue weighted by Crippen LogP contribution is 2.39. The van der Waals surface area contributed by atoms with Crippen LogP contribution in [0.15, 0.2) is 48.7 Å². The summed E-state index contributed by atoms with van der Waals surface area (Å²) in [6, 6.07) is 8.31. The van der Waals surface area contributed by atoms with E-state index in [0.717, 1.165) is 11.3 Å². The fourth-order valence-electron chi connectivity index (χ4n) is 3.84. The Morgan fingerprint density at radius 2 is 1.78 bits per heavy atom. The highest BCUT2D eigenvalue weighted by molar-refractivity contribution is 6.47. The molecule has 1 unspecified atom stereocenters. The molecule has 2 heterocycles. The summed E-state index contributed by atoms with van der Waals surface area (Å²) < 4.78 is 53.3. The lowest BCUT2D eigenvalue weighted by Crippen LogP contribution is -2.37. The molecule has 1 N–H and O–H groups in total. The van der Waals surface area contributed by atoms with Gasteiger partial charge in [0.1, 0.15) is 12.4 Å². The first-order chi connectivity index (χ1) is 12.8. The second-order valence-electron chi connectivity index (χ2n) is 6.59. The molecule has 2 aromatic rings. The predicted molar refractivity (Wildman–Crippen MR) is 99.3 cm³/mol. The van der Waals surface area contributed by atoms with Crippen molar-refractivity contribution >= 4 is 33.6 Å². The Morgan fingerprint density at radius 1 is 1.07 bits per heavy atom. The first kappa shape index (κ1) is 17.9. The van der Waals surface area contributed by atoms with Crippen molar-refractivity contribution in [2.24, 2.45) is 0 Å². The van der Waals surface area contributed by atoms with Gasteiger partial charge in [0.25, 0.3) is 0 Å². The molecular weight excluding hydrogens is 380 g/mol. The lowest BCUT2D eigenvalue weighted by molar-refractivity contribution is -0.120. The average molecular weight is 395 g/mol. The number of allylic oxidation sites excluding steroid dienone is 1. The highest BCUT2D eigenvalue weighted by Gasteiger charge is 2.39. The Kier molecular flexibility index (Phi) is 4.18. The summed E-state index contributed by atoms with van der Waals surface area (Å²) in [4.78, 5) is 1.31. The van der Waals surface area contributed by atoms with E-state index in [2.05, 4.69) is 5.32 Å². The van der Waals surface area contributed by atoms with Crippen LogP contribution in [0.3, 0.4) is 0 Å². The van der Waals surface area contributed by atoms with Crippen molar-refractivity contribution in [3.63, 3.8) is 0 Å². The van der Waals surface area contributed by atoms with Crippen LogP contribution in [0.1, 0.15) is 18.5 Å². The van der Waals surface area contributed by atoms with Crippen LogP contribution >= 0.6 is 11.6 Å². The van der Waals surface area contributed by atoms with E-state index in [-0.39, 0.29) is 0 Å². The number of fused-ring (bicyclic) bond motifs is 3. The minimum absolute atomic E-state index is 0.433. The van der Waals surface area contributed by atoms with Gasteiger partial charge < -0.3 is 10.2 Å². The van der Waals surface area contributed by atoms with E-state index in [0.29, 0.717) is 26.7 Å². The molecule has 4 rings (SSSR count). The van der Waals surface area contributed by atoms with E-state index in [4.69, 9.17) is 11.6 Å². The zero-order valence-electron chi connectivity index (χ0n) is 14.2. The van der Waals surface area contributed by atoms with E-state index in [1.807, 2.05) is 0 Å². The Labute approximate surface area is 158 Å². The lowest BCUT2D eigenvalue weighted by atomic mass is 9.99. The van der Waals surface area contributed by atoms with E-state index in [9.17, 15) is 17.6 Å². The first-order valence-corrected chi connectivity index (χ1v) is 8.69. The molecule has 0 saturated carbocycles. The van der Waals surface area contributed by atoms with Gasteiger partial charge >= 0.3 is 6.18 Å². The van der Waals surface area contributed by atoms with Crippen LogP contribution in [-0.4, -0.2) is 12.7 Å². The van der Waals surface area contributed by atoms with Gasteiger partial charge in [-0.3, -0.25) is 0 Å². The molecule has 0 fully saturated rings. The topological polar surface area (TPSA) is 15.3 Å². The van der Waals surface area contributed by atoms with Crippen LogP contribution in [0.5, 0.6) is 0 Å². The van der Waals surface area contributed by atoms with Crippen molar-refractivity contribution in [1.29, 1.82) is 0 Å². The summed E-state index contributed by atoms with van der Waals surface area (Å²) in [7, 11) is 0. The third-order valence-electron chi connectivity index (χ3n) is 4.85. The molecule has 0 amide bonds. The van der Waals surface area contributed by atoms with Gasteiger partial charge in [-0.2, -0.15) is 13.2 Å². The quantitative estimate of drug-likeness (QED) is 0.759. The Morgan fingerprint density at radius 3 is 2.44 bits per heavy atom. The molecular formula is C20H15ClF4N2. The van der Waals surface area contributed by atoms with Gasteiger partial charge in [0.15, 0.2) is 0 Å². The molecule has 2 aliphatic rings. The molecule has 7 heteroatoms. The number of benzene rings is 2. The Bertz CT molecular complexity index is 1060. The summed E-state index contributed by atoms with van der Waals surface area (Å²) in [6.07, 6.45) is -1.02. The Hall–Kier alpha value is -2.47. The third kappa shape index (κ3) is 3.08. The SMILES string of the molecule is CC1=c2c(ccc3c2=C(Cl)C=CN3)N(CC(F)(F)F)C1c1ccc(F)cc1. The van der Waals surface area contributed by atoms with Crippen LogP contribution in [0, 0.1) is 5.82 Å². The number of hydrogen-bond acceptors (Lipinski definition) is 2. The van der Waals surface area contributed by atoms with E-state index >= 15 is 0 Å². The molecule has 0 aliphatic carbocycles. The minimum Gasteiger partial charge on any atom is -0.361 e. The summed E-state index contributed by atoms with van der Waals surface area (Å²) in [6.45, 7) is 0.686. The maximum absolute atomic E-state index is 13.3. The number of anilines is 2.